The maximum atomic E-state index is 6.30. The minimum Gasteiger partial charge on any atom is -0.323 e. The van der Waals surface area contributed by atoms with Crippen molar-refractivity contribution in [3.05, 3.63) is 29.3 Å². The predicted octanol–water partition coefficient (Wildman–Crippen LogP) is 5.57. The molecule has 0 aromatic heterocycles. The molecule has 136 valence electrons. The predicted molar refractivity (Wildman–Crippen MR) is 108 cm³/mol. The van der Waals surface area contributed by atoms with E-state index in [1.165, 1.54) is 48.9 Å². The Morgan fingerprint density at radius 3 is 1.96 bits per heavy atom. The summed E-state index contributed by atoms with van der Waals surface area (Å²) in [6, 6.07) is 7.40. The molecular weight excluding hydrogens is 313 g/mol. The first-order valence-electron chi connectivity index (χ1n) is 9.25. The quantitative estimate of drug-likeness (QED) is 0.702. The Morgan fingerprint density at radius 2 is 1.50 bits per heavy atom. The molecule has 1 aliphatic carbocycles. The largest absolute Gasteiger partial charge is 0.323 e. The zero-order valence-corrected chi connectivity index (χ0v) is 17.3. The molecule has 0 saturated heterocycles. The summed E-state index contributed by atoms with van der Waals surface area (Å²) >= 11 is 0. The highest BCUT2D eigenvalue weighted by molar-refractivity contribution is 7.54. The molecule has 0 atom stereocenters. The molecule has 1 fully saturated rings. The zero-order valence-electron chi connectivity index (χ0n) is 16.4. The Hall–Kier alpha value is -0.630. The lowest BCUT2D eigenvalue weighted by Gasteiger charge is -2.41. The molecule has 0 spiro atoms. The highest BCUT2D eigenvalue weighted by Crippen LogP contribution is 2.44. The lowest BCUT2D eigenvalue weighted by Crippen LogP contribution is -2.38. The second-order valence-electron chi connectivity index (χ2n) is 9.25. The molecule has 24 heavy (non-hydrogen) atoms. The van der Waals surface area contributed by atoms with Crippen LogP contribution in [0.2, 0.25) is 0 Å². The third kappa shape index (κ3) is 4.50. The van der Waals surface area contributed by atoms with Crippen molar-refractivity contribution in [1.29, 1.82) is 0 Å². The average molecular weight is 350 g/mol. The third-order valence-electron chi connectivity index (χ3n) is 5.09. The van der Waals surface area contributed by atoms with E-state index in [-0.39, 0.29) is 10.8 Å². The number of rotatable bonds is 3. The molecule has 1 aromatic carbocycles. The zero-order chi connectivity index (χ0) is 18.1. The van der Waals surface area contributed by atoms with Crippen molar-refractivity contribution in [2.24, 2.45) is 11.0 Å². The van der Waals surface area contributed by atoms with Crippen molar-refractivity contribution in [1.82, 2.24) is 0 Å². The Kier molecular flexibility index (Phi) is 6.00. The first-order valence-corrected chi connectivity index (χ1v) is 10.7. The van der Waals surface area contributed by atoms with Crippen LogP contribution in [0.5, 0.6) is 0 Å². The van der Waals surface area contributed by atoms with Gasteiger partial charge in [0.15, 0.2) is 0 Å². The van der Waals surface area contributed by atoms with Gasteiger partial charge in [-0.3, -0.25) is 11.0 Å². The highest BCUT2D eigenvalue weighted by atomic mass is 31.1. The van der Waals surface area contributed by atoms with Gasteiger partial charge in [-0.1, -0.05) is 72.9 Å². The average Bonchev–Trinajstić information content (AvgIpc) is 2.46. The maximum Gasteiger partial charge on any atom is 0.138 e. The van der Waals surface area contributed by atoms with Gasteiger partial charge in [-0.2, -0.15) is 0 Å². The van der Waals surface area contributed by atoms with Crippen molar-refractivity contribution in [3.63, 3.8) is 0 Å². The molecule has 4 N–H and O–H groups in total. The van der Waals surface area contributed by atoms with Gasteiger partial charge in [0.2, 0.25) is 0 Å². The van der Waals surface area contributed by atoms with Gasteiger partial charge < -0.3 is 4.67 Å². The molecule has 0 radical (unpaired) electrons. The number of nitrogens with two attached hydrogens (primary N) is 2. The number of nitrogens with zero attached hydrogens (tertiary/aromatic N) is 1. The first kappa shape index (κ1) is 19.7. The fourth-order valence-corrected chi connectivity index (χ4v) is 4.67. The number of benzene rings is 1. The monoisotopic (exact) mass is 349 g/mol. The number of anilines is 1. The standard InChI is InChI=1S/C20H36N3P/c1-19(2,3)15-12-13-18(17(14-15)20(4,5)6)23(24(21)22)16-10-8-7-9-11-16/h12-14,16H,7-11,21-22H2,1-6H3. The molecule has 0 heterocycles. The minimum atomic E-state index is -1.13. The number of hydrogen-bond acceptors (Lipinski definition) is 3. The Labute approximate surface area is 150 Å². The molecule has 1 aliphatic rings. The van der Waals surface area contributed by atoms with Crippen LogP contribution in [0.3, 0.4) is 0 Å². The van der Waals surface area contributed by atoms with Crippen LogP contribution in [0.1, 0.15) is 84.8 Å². The molecule has 2 rings (SSSR count). The Bertz CT molecular complexity index is 549. The minimum absolute atomic E-state index is 0.0643. The maximum absolute atomic E-state index is 6.30. The van der Waals surface area contributed by atoms with E-state index in [0.29, 0.717) is 6.04 Å². The summed E-state index contributed by atoms with van der Waals surface area (Å²) in [7, 11) is -1.13. The molecule has 0 amide bonds. The fraction of sp³-hybridized carbons (Fsp3) is 0.700. The lowest BCUT2D eigenvalue weighted by atomic mass is 9.79. The Morgan fingerprint density at radius 1 is 0.917 bits per heavy atom. The summed E-state index contributed by atoms with van der Waals surface area (Å²) < 4.78 is 2.35. The van der Waals surface area contributed by atoms with Crippen LogP contribution in [0.4, 0.5) is 5.69 Å². The molecule has 0 unspecified atom stereocenters. The summed E-state index contributed by atoms with van der Waals surface area (Å²) in [4.78, 5) is 0. The molecule has 3 nitrogen and oxygen atoms in total. The molecule has 0 aliphatic heterocycles. The topological polar surface area (TPSA) is 55.3 Å². The molecule has 0 bridgehead atoms. The lowest BCUT2D eigenvalue weighted by molar-refractivity contribution is 0.443. The summed E-state index contributed by atoms with van der Waals surface area (Å²) in [6.07, 6.45) is 6.33. The van der Waals surface area contributed by atoms with Crippen LogP contribution in [0.15, 0.2) is 18.2 Å². The van der Waals surface area contributed by atoms with Crippen LogP contribution in [0.25, 0.3) is 0 Å². The SMILES string of the molecule is CC(C)(C)c1ccc(N(C2CCCCC2)P(N)N)c(C(C)(C)C)c1. The van der Waals surface area contributed by atoms with Crippen molar-refractivity contribution in [2.45, 2.75) is 90.5 Å². The van der Waals surface area contributed by atoms with Gasteiger partial charge in [0, 0.05) is 11.7 Å². The summed E-state index contributed by atoms with van der Waals surface area (Å²) in [5, 5.41) is 0. The van der Waals surface area contributed by atoms with Gasteiger partial charge in [-0.15, -0.1) is 0 Å². The van der Waals surface area contributed by atoms with Crippen LogP contribution >= 0.6 is 8.37 Å². The smallest absolute Gasteiger partial charge is 0.138 e. The van der Waals surface area contributed by atoms with E-state index < -0.39 is 8.37 Å². The molecular formula is C20H36N3P. The molecule has 1 saturated carbocycles. The van der Waals surface area contributed by atoms with Crippen LogP contribution < -0.4 is 15.7 Å². The van der Waals surface area contributed by atoms with Gasteiger partial charge in [-0.25, -0.2) is 0 Å². The van der Waals surface area contributed by atoms with E-state index in [4.69, 9.17) is 11.0 Å². The van der Waals surface area contributed by atoms with E-state index in [1.54, 1.807) is 0 Å². The summed E-state index contributed by atoms with van der Waals surface area (Å²) in [6.45, 7) is 13.7. The fourth-order valence-electron chi connectivity index (χ4n) is 3.64. The van der Waals surface area contributed by atoms with Crippen LogP contribution in [-0.2, 0) is 10.8 Å². The van der Waals surface area contributed by atoms with E-state index in [9.17, 15) is 0 Å². The highest BCUT2D eigenvalue weighted by Gasteiger charge is 2.30. The molecule has 1 aromatic rings. The van der Waals surface area contributed by atoms with Crippen molar-refractivity contribution < 1.29 is 0 Å². The first-order chi connectivity index (χ1) is 11.0. The van der Waals surface area contributed by atoms with E-state index in [0.717, 1.165) is 0 Å². The van der Waals surface area contributed by atoms with Gasteiger partial charge in [-0.05, 0) is 40.9 Å². The summed E-state index contributed by atoms with van der Waals surface area (Å²) in [5.74, 6) is 0. The van der Waals surface area contributed by atoms with E-state index >= 15 is 0 Å². The van der Waals surface area contributed by atoms with E-state index in [1.807, 2.05) is 0 Å². The normalized spacial score (nSPS) is 17.4. The number of hydrogen-bond donors (Lipinski definition) is 2. The Balaban J connectivity index is 2.53. The second kappa shape index (κ2) is 7.32. The van der Waals surface area contributed by atoms with Crippen molar-refractivity contribution in [2.75, 3.05) is 4.67 Å². The van der Waals surface area contributed by atoms with Gasteiger partial charge >= 0.3 is 0 Å². The third-order valence-corrected chi connectivity index (χ3v) is 6.13. The van der Waals surface area contributed by atoms with E-state index in [2.05, 4.69) is 64.4 Å². The van der Waals surface area contributed by atoms with Crippen molar-refractivity contribution >= 4 is 14.1 Å². The van der Waals surface area contributed by atoms with Crippen LogP contribution in [-0.4, -0.2) is 6.04 Å². The summed E-state index contributed by atoms with van der Waals surface area (Å²) in [5.41, 5.74) is 16.8. The van der Waals surface area contributed by atoms with Gasteiger partial charge in [0.1, 0.15) is 8.37 Å². The van der Waals surface area contributed by atoms with Gasteiger partial charge in [0.05, 0.1) is 0 Å². The molecule has 4 heteroatoms. The van der Waals surface area contributed by atoms with Crippen LogP contribution in [0, 0.1) is 0 Å². The van der Waals surface area contributed by atoms with Crippen molar-refractivity contribution in [3.8, 4) is 0 Å². The second-order valence-corrected chi connectivity index (χ2v) is 10.4. The van der Waals surface area contributed by atoms with Gasteiger partial charge in [0.25, 0.3) is 0 Å².